The fourth-order valence-electron chi connectivity index (χ4n) is 3.22. The number of benzene rings is 1. The van der Waals surface area contributed by atoms with Crippen LogP contribution in [-0.4, -0.2) is 38.5 Å². The predicted octanol–water partition coefficient (Wildman–Crippen LogP) is 3.43. The van der Waals surface area contributed by atoms with E-state index < -0.39 is 17.5 Å². The van der Waals surface area contributed by atoms with Gasteiger partial charge in [0.25, 0.3) is 5.91 Å². The number of hydrogen-bond donors (Lipinski definition) is 1. The minimum atomic E-state index is -1.03. The van der Waals surface area contributed by atoms with Crippen molar-refractivity contribution in [1.82, 2.24) is 19.5 Å². The molecule has 4 rings (SSSR count). The van der Waals surface area contributed by atoms with E-state index in [0.29, 0.717) is 5.82 Å². The first-order valence-corrected chi connectivity index (χ1v) is 9.37. The summed E-state index contributed by atoms with van der Waals surface area (Å²) in [6.45, 7) is 4.15. The molecule has 1 aromatic carbocycles. The Balaban J connectivity index is 1.49. The fourth-order valence-corrected chi connectivity index (χ4v) is 3.22. The van der Waals surface area contributed by atoms with Gasteiger partial charge in [0, 0.05) is 37.1 Å². The van der Waals surface area contributed by atoms with E-state index in [-0.39, 0.29) is 11.4 Å². The lowest BCUT2D eigenvalue weighted by Gasteiger charge is -2.31. The molecule has 3 aromatic rings. The van der Waals surface area contributed by atoms with E-state index in [1.807, 2.05) is 6.07 Å². The molecule has 7 nitrogen and oxygen atoms in total. The van der Waals surface area contributed by atoms with Crippen molar-refractivity contribution in [2.45, 2.75) is 19.8 Å². The summed E-state index contributed by atoms with van der Waals surface area (Å²) in [5, 5.41) is 2.50. The first kappa shape index (κ1) is 19.0. The average molecular weight is 398 g/mol. The zero-order chi connectivity index (χ0) is 20.4. The van der Waals surface area contributed by atoms with Crippen molar-refractivity contribution in [3.63, 3.8) is 0 Å². The SMILES string of the molecule is CC1CCN(c2cc(-n3cnc(C(=O)Nc4ccc(F)c(F)c4)c3)ncn2)CC1. The third-order valence-electron chi connectivity index (χ3n) is 5.00. The van der Waals surface area contributed by atoms with Crippen LogP contribution in [0.3, 0.4) is 0 Å². The number of amides is 1. The van der Waals surface area contributed by atoms with Gasteiger partial charge in [0.2, 0.25) is 0 Å². The molecule has 2 aromatic heterocycles. The van der Waals surface area contributed by atoms with Crippen LogP contribution in [0.4, 0.5) is 20.3 Å². The Kier molecular flexibility index (Phi) is 5.20. The van der Waals surface area contributed by atoms with Crippen LogP contribution in [0.5, 0.6) is 0 Å². The van der Waals surface area contributed by atoms with Gasteiger partial charge in [-0.05, 0) is 30.9 Å². The third kappa shape index (κ3) is 4.23. The summed E-state index contributed by atoms with van der Waals surface area (Å²) in [6.07, 6.45) is 6.74. The Labute approximate surface area is 166 Å². The van der Waals surface area contributed by atoms with Gasteiger partial charge in [0.15, 0.2) is 11.6 Å². The van der Waals surface area contributed by atoms with Crippen LogP contribution in [0, 0.1) is 17.6 Å². The van der Waals surface area contributed by atoms with Crippen LogP contribution in [0.25, 0.3) is 5.82 Å². The van der Waals surface area contributed by atoms with Crippen molar-refractivity contribution in [3.05, 3.63) is 60.4 Å². The molecular formula is C20H20F2N6O. The van der Waals surface area contributed by atoms with E-state index in [9.17, 15) is 13.6 Å². The Morgan fingerprint density at radius 2 is 1.83 bits per heavy atom. The van der Waals surface area contributed by atoms with Gasteiger partial charge >= 0.3 is 0 Å². The molecule has 0 aliphatic carbocycles. The maximum atomic E-state index is 13.3. The normalized spacial score (nSPS) is 14.8. The molecule has 9 heteroatoms. The number of carbonyl (C=O) groups excluding carboxylic acids is 1. The Bertz CT molecular complexity index is 1030. The second-order valence-electron chi connectivity index (χ2n) is 7.15. The molecule has 1 saturated heterocycles. The second-order valence-corrected chi connectivity index (χ2v) is 7.15. The van der Waals surface area contributed by atoms with Crippen LogP contribution in [0.1, 0.15) is 30.3 Å². The minimum Gasteiger partial charge on any atom is -0.356 e. The monoisotopic (exact) mass is 398 g/mol. The standard InChI is InChI=1S/C20H20F2N6O/c1-13-4-6-27(7-5-13)18-9-19(24-11-23-18)28-10-17(25-12-28)20(29)26-14-2-3-15(21)16(22)8-14/h2-3,8-13H,4-7H2,1H3,(H,26,29). The van der Waals surface area contributed by atoms with Crippen LogP contribution in [-0.2, 0) is 0 Å². The lowest BCUT2D eigenvalue weighted by molar-refractivity contribution is 0.102. The number of halogens is 2. The topological polar surface area (TPSA) is 75.9 Å². The minimum absolute atomic E-state index is 0.127. The van der Waals surface area contributed by atoms with Crippen LogP contribution in [0.15, 0.2) is 43.1 Å². The molecule has 29 heavy (non-hydrogen) atoms. The van der Waals surface area contributed by atoms with Crippen molar-refractivity contribution in [2.75, 3.05) is 23.3 Å². The molecule has 1 N–H and O–H groups in total. The molecule has 0 atom stereocenters. The van der Waals surface area contributed by atoms with E-state index >= 15 is 0 Å². The average Bonchev–Trinajstić information content (AvgIpc) is 3.22. The molecule has 0 bridgehead atoms. The summed E-state index contributed by atoms with van der Waals surface area (Å²) in [5.74, 6) is -0.397. The van der Waals surface area contributed by atoms with E-state index in [1.54, 1.807) is 4.57 Å². The van der Waals surface area contributed by atoms with Crippen molar-refractivity contribution < 1.29 is 13.6 Å². The molecule has 1 aliphatic rings. The van der Waals surface area contributed by atoms with Crippen LogP contribution in [0.2, 0.25) is 0 Å². The highest BCUT2D eigenvalue weighted by atomic mass is 19.2. The lowest BCUT2D eigenvalue weighted by Crippen LogP contribution is -2.33. The van der Waals surface area contributed by atoms with Crippen molar-refractivity contribution in [1.29, 1.82) is 0 Å². The molecule has 1 fully saturated rings. The van der Waals surface area contributed by atoms with Gasteiger partial charge in [-0.2, -0.15) is 0 Å². The summed E-state index contributed by atoms with van der Waals surface area (Å²) in [5.41, 5.74) is 0.272. The summed E-state index contributed by atoms with van der Waals surface area (Å²) in [4.78, 5) is 27.3. The Morgan fingerprint density at radius 3 is 2.59 bits per heavy atom. The fraction of sp³-hybridized carbons (Fsp3) is 0.300. The van der Waals surface area contributed by atoms with E-state index in [2.05, 4.69) is 32.1 Å². The zero-order valence-corrected chi connectivity index (χ0v) is 15.8. The molecule has 3 heterocycles. The number of nitrogens with zero attached hydrogens (tertiary/aromatic N) is 5. The van der Waals surface area contributed by atoms with Crippen molar-refractivity contribution in [3.8, 4) is 5.82 Å². The molecule has 0 spiro atoms. The number of anilines is 2. The molecular weight excluding hydrogens is 378 g/mol. The predicted molar refractivity (Wildman–Crippen MR) is 104 cm³/mol. The van der Waals surface area contributed by atoms with E-state index in [1.165, 1.54) is 24.9 Å². The number of piperidine rings is 1. The molecule has 0 unspecified atom stereocenters. The van der Waals surface area contributed by atoms with Gasteiger partial charge in [-0.25, -0.2) is 23.7 Å². The van der Waals surface area contributed by atoms with Gasteiger partial charge in [0.1, 0.15) is 30.0 Å². The molecule has 1 amide bonds. The summed E-state index contributed by atoms with van der Waals surface area (Å²) in [6, 6.07) is 5.01. The quantitative estimate of drug-likeness (QED) is 0.729. The van der Waals surface area contributed by atoms with Crippen LogP contribution >= 0.6 is 0 Å². The van der Waals surface area contributed by atoms with Gasteiger partial charge in [-0.3, -0.25) is 9.36 Å². The highest BCUT2D eigenvalue weighted by molar-refractivity contribution is 6.02. The van der Waals surface area contributed by atoms with Crippen LogP contribution < -0.4 is 10.2 Å². The Morgan fingerprint density at radius 1 is 1.07 bits per heavy atom. The number of imidazole rings is 1. The second kappa shape index (κ2) is 7.94. The van der Waals surface area contributed by atoms with Crippen molar-refractivity contribution >= 4 is 17.4 Å². The highest BCUT2D eigenvalue weighted by Gasteiger charge is 2.18. The molecule has 150 valence electrons. The van der Waals surface area contributed by atoms with Gasteiger partial charge in [0.05, 0.1) is 0 Å². The maximum Gasteiger partial charge on any atom is 0.275 e. The number of carbonyl (C=O) groups is 1. The molecule has 0 radical (unpaired) electrons. The van der Waals surface area contributed by atoms with Gasteiger partial charge in [-0.1, -0.05) is 6.92 Å². The number of rotatable bonds is 4. The van der Waals surface area contributed by atoms with Gasteiger partial charge < -0.3 is 10.2 Å². The highest BCUT2D eigenvalue weighted by Crippen LogP contribution is 2.22. The first-order valence-electron chi connectivity index (χ1n) is 9.37. The zero-order valence-electron chi connectivity index (χ0n) is 15.8. The van der Waals surface area contributed by atoms with E-state index in [4.69, 9.17) is 0 Å². The van der Waals surface area contributed by atoms with E-state index in [0.717, 1.165) is 49.8 Å². The third-order valence-corrected chi connectivity index (χ3v) is 5.00. The number of aromatic nitrogens is 4. The smallest absolute Gasteiger partial charge is 0.275 e. The summed E-state index contributed by atoms with van der Waals surface area (Å²) >= 11 is 0. The summed E-state index contributed by atoms with van der Waals surface area (Å²) < 4.78 is 27.9. The maximum absolute atomic E-state index is 13.3. The largest absolute Gasteiger partial charge is 0.356 e. The lowest BCUT2D eigenvalue weighted by atomic mass is 9.99. The molecule has 0 saturated carbocycles. The number of nitrogens with one attached hydrogen (secondary N) is 1. The number of hydrogen-bond acceptors (Lipinski definition) is 5. The molecule has 1 aliphatic heterocycles. The first-order chi connectivity index (χ1) is 14.0. The van der Waals surface area contributed by atoms with Gasteiger partial charge in [-0.15, -0.1) is 0 Å². The van der Waals surface area contributed by atoms with Crippen molar-refractivity contribution in [2.24, 2.45) is 5.92 Å². The summed E-state index contributed by atoms with van der Waals surface area (Å²) in [7, 11) is 0. The Hall–Kier alpha value is -3.36.